The predicted octanol–water partition coefficient (Wildman–Crippen LogP) is 2.59. The third-order valence-electron chi connectivity index (χ3n) is 4.68. The average Bonchev–Trinajstić information content (AvgIpc) is 3.29. The molecule has 2 N–H and O–H groups in total. The van der Waals surface area contributed by atoms with Crippen LogP contribution in [0.1, 0.15) is 42.1 Å². The van der Waals surface area contributed by atoms with Crippen molar-refractivity contribution < 1.29 is 10.0 Å². The van der Waals surface area contributed by atoms with Gasteiger partial charge in [0.1, 0.15) is 4.88 Å². The average molecular weight is 408 g/mol. The van der Waals surface area contributed by atoms with Crippen molar-refractivity contribution in [2.45, 2.75) is 32.2 Å². The van der Waals surface area contributed by atoms with E-state index in [0.29, 0.717) is 0 Å². The first-order valence-corrected chi connectivity index (χ1v) is 9.95. The molecule has 0 amide bonds. The Hall–Kier alpha value is -1.44. The Labute approximate surface area is 153 Å². The largest absolute Gasteiger partial charge is 0.492 e. The molecule has 0 aliphatic carbocycles. The highest BCUT2D eigenvalue weighted by atomic mass is 79.9. The number of nitrogens with one attached hydrogen (secondary N) is 1. The van der Waals surface area contributed by atoms with Crippen molar-refractivity contribution in [3.05, 3.63) is 45.0 Å². The van der Waals surface area contributed by atoms with Gasteiger partial charge in [-0.3, -0.25) is 0 Å². The molecule has 0 bridgehead atoms. The molecule has 126 valence electrons. The van der Waals surface area contributed by atoms with Gasteiger partial charge in [-0.25, -0.2) is 4.98 Å². The van der Waals surface area contributed by atoms with Crippen molar-refractivity contribution in [2.24, 2.45) is 0 Å². The number of hydrogen-bond donors (Lipinski definition) is 2. The standard InChI is InChI=1S/C17H19BrN4OS/c1-2-13-19-17-22(20-13)16(23)15(24-17)14(21-9-3-4-10-21)11-5-7-12(18)8-6-11/h5-8,14,23H,2-4,9-10H2,1H3/p+1/t14-/m1/s1. The van der Waals surface area contributed by atoms with Gasteiger partial charge in [-0.15, -0.1) is 5.10 Å². The van der Waals surface area contributed by atoms with Crippen molar-refractivity contribution in [3.63, 3.8) is 0 Å². The van der Waals surface area contributed by atoms with Crippen LogP contribution < -0.4 is 4.90 Å². The number of quaternary nitrogens is 1. The van der Waals surface area contributed by atoms with E-state index in [0.717, 1.165) is 39.6 Å². The number of fused-ring (bicyclic) bond motifs is 1. The summed E-state index contributed by atoms with van der Waals surface area (Å²) in [4.78, 5) is 7.77. The van der Waals surface area contributed by atoms with Crippen LogP contribution in [-0.2, 0) is 6.42 Å². The Kier molecular flexibility index (Phi) is 4.32. The Bertz CT molecular complexity index is 851. The van der Waals surface area contributed by atoms with Gasteiger partial charge in [0.2, 0.25) is 10.8 Å². The number of thiazole rings is 1. The molecule has 1 aromatic carbocycles. The molecule has 0 saturated carbocycles. The summed E-state index contributed by atoms with van der Waals surface area (Å²) in [5.74, 6) is 1.02. The number of hydrogen-bond acceptors (Lipinski definition) is 4. The van der Waals surface area contributed by atoms with Crippen LogP contribution in [0, 0.1) is 0 Å². The molecule has 5 nitrogen and oxygen atoms in total. The minimum Gasteiger partial charge on any atom is -0.492 e. The van der Waals surface area contributed by atoms with Crippen LogP contribution in [0.25, 0.3) is 4.96 Å². The van der Waals surface area contributed by atoms with Gasteiger partial charge >= 0.3 is 0 Å². The summed E-state index contributed by atoms with van der Waals surface area (Å²) in [6.45, 7) is 4.29. The van der Waals surface area contributed by atoms with E-state index in [1.807, 2.05) is 6.92 Å². The summed E-state index contributed by atoms with van der Waals surface area (Å²) in [6.07, 6.45) is 3.25. The van der Waals surface area contributed by atoms with Gasteiger partial charge < -0.3 is 10.0 Å². The molecule has 1 saturated heterocycles. The SMILES string of the molecule is CCc1nc2sc([C@@H](c3ccc(Br)cc3)[NH+]3CCCC3)c(O)n2n1. The number of aryl methyl sites for hydroxylation is 1. The summed E-state index contributed by atoms with van der Waals surface area (Å²) in [7, 11) is 0. The smallest absolute Gasteiger partial charge is 0.235 e. The van der Waals surface area contributed by atoms with Crippen LogP contribution >= 0.6 is 27.3 Å². The summed E-state index contributed by atoms with van der Waals surface area (Å²) in [5.41, 5.74) is 1.23. The zero-order valence-corrected chi connectivity index (χ0v) is 15.9. The van der Waals surface area contributed by atoms with Gasteiger partial charge in [-0.05, 0) is 12.1 Å². The van der Waals surface area contributed by atoms with E-state index in [9.17, 15) is 5.11 Å². The van der Waals surface area contributed by atoms with E-state index in [-0.39, 0.29) is 11.9 Å². The number of aromatic nitrogens is 3. The van der Waals surface area contributed by atoms with E-state index < -0.39 is 0 Å². The molecule has 3 aromatic rings. The normalized spacial score (nSPS) is 16.9. The number of nitrogens with zero attached hydrogens (tertiary/aromatic N) is 3. The third-order valence-corrected chi connectivity index (χ3v) is 6.29. The predicted molar refractivity (Wildman–Crippen MR) is 97.8 cm³/mol. The second-order valence-electron chi connectivity index (χ2n) is 6.22. The Morgan fingerprint density at radius 2 is 2.00 bits per heavy atom. The van der Waals surface area contributed by atoms with Crippen LogP contribution in [0.4, 0.5) is 0 Å². The first-order chi connectivity index (χ1) is 11.7. The van der Waals surface area contributed by atoms with Crippen molar-refractivity contribution in [3.8, 4) is 5.88 Å². The summed E-state index contributed by atoms with van der Waals surface area (Å²) in [5, 5.41) is 15.2. The van der Waals surface area contributed by atoms with Gasteiger partial charge in [-0.2, -0.15) is 4.52 Å². The van der Waals surface area contributed by atoms with Crippen molar-refractivity contribution >= 4 is 32.2 Å². The maximum atomic E-state index is 10.8. The molecule has 0 unspecified atom stereocenters. The highest BCUT2D eigenvalue weighted by molar-refractivity contribution is 9.10. The molecule has 3 heterocycles. The molecule has 1 fully saturated rings. The lowest BCUT2D eigenvalue weighted by atomic mass is 10.0. The fourth-order valence-corrected chi connectivity index (χ4v) is 4.90. The first kappa shape index (κ1) is 16.1. The van der Waals surface area contributed by atoms with E-state index >= 15 is 0 Å². The zero-order chi connectivity index (χ0) is 16.7. The molecule has 24 heavy (non-hydrogen) atoms. The molecule has 1 atom stereocenters. The van der Waals surface area contributed by atoms with E-state index in [1.165, 1.54) is 23.3 Å². The second kappa shape index (κ2) is 6.46. The number of aromatic hydroxyl groups is 1. The topological polar surface area (TPSA) is 54.9 Å². The second-order valence-corrected chi connectivity index (χ2v) is 8.14. The highest BCUT2D eigenvalue weighted by Crippen LogP contribution is 2.35. The lowest BCUT2D eigenvalue weighted by Gasteiger charge is -2.24. The monoisotopic (exact) mass is 407 g/mol. The van der Waals surface area contributed by atoms with Crippen LogP contribution in [0.5, 0.6) is 5.88 Å². The molecular weight excluding hydrogens is 388 g/mol. The quantitative estimate of drug-likeness (QED) is 0.698. The van der Waals surface area contributed by atoms with Crippen LogP contribution in [0.15, 0.2) is 28.7 Å². The van der Waals surface area contributed by atoms with Crippen LogP contribution in [0.2, 0.25) is 0 Å². The first-order valence-electron chi connectivity index (χ1n) is 8.34. The maximum Gasteiger partial charge on any atom is 0.235 e. The van der Waals surface area contributed by atoms with Crippen molar-refractivity contribution in [1.82, 2.24) is 14.6 Å². The van der Waals surface area contributed by atoms with Gasteiger partial charge in [0.05, 0.1) is 13.1 Å². The summed E-state index contributed by atoms with van der Waals surface area (Å²) in [6, 6.07) is 8.57. The zero-order valence-electron chi connectivity index (χ0n) is 13.5. The van der Waals surface area contributed by atoms with Gasteiger partial charge in [0.15, 0.2) is 11.9 Å². The van der Waals surface area contributed by atoms with Crippen molar-refractivity contribution in [1.29, 1.82) is 0 Å². The molecule has 0 spiro atoms. The molecule has 0 radical (unpaired) electrons. The molecular formula is C17H20BrN4OS+. The Morgan fingerprint density at radius 3 is 2.62 bits per heavy atom. The molecule has 4 rings (SSSR count). The Morgan fingerprint density at radius 1 is 1.29 bits per heavy atom. The van der Waals surface area contributed by atoms with E-state index in [4.69, 9.17) is 0 Å². The Balaban J connectivity index is 1.82. The molecule has 1 aliphatic heterocycles. The van der Waals surface area contributed by atoms with Crippen LogP contribution in [0.3, 0.4) is 0 Å². The molecule has 7 heteroatoms. The number of rotatable bonds is 4. The van der Waals surface area contributed by atoms with E-state index in [1.54, 1.807) is 15.9 Å². The number of benzene rings is 1. The number of halogens is 1. The fraction of sp³-hybridized carbons (Fsp3) is 0.412. The van der Waals surface area contributed by atoms with E-state index in [2.05, 4.69) is 50.3 Å². The lowest BCUT2D eigenvalue weighted by Crippen LogP contribution is -3.10. The molecule has 2 aromatic heterocycles. The number of likely N-dealkylation sites (tertiary alicyclic amines) is 1. The minimum atomic E-state index is 0.138. The van der Waals surface area contributed by atoms with Gasteiger partial charge in [0, 0.05) is 29.3 Å². The third kappa shape index (κ3) is 2.74. The maximum absolute atomic E-state index is 10.8. The van der Waals surface area contributed by atoms with Crippen LogP contribution in [-0.4, -0.2) is 32.8 Å². The summed E-state index contributed by atoms with van der Waals surface area (Å²) < 4.78 is 2.67. The minimum absolute atomic E-state index is 0.138. The molecule has 1 aliphatic rings. The van der Waals surface area contributed by atoms with Gasteiger partial charge in [0.25, 0.3) is 0 Å². The van der Waals surface area contributed by atoms with Crippen molar-refractivity contribution in [2.75, 3.05) is 13.1 Å². The summed E-state index contributed by atoms with van der Waals surface area (Å²) >= 11 is 5.07. The van der Waals surface area contributed by atoms with Gasteiger partial charge in [-0.1, -0.05) is 46.3 Å². The fourth-order valence-electron chi connectivity index (χ4n) is 3.47. The highest BCUT2D eigenvalue weighted by Gasteiger charge is 2.34. The lowest BCUT2D eigenvalue weighted by molar-refractivity contribution is -0.913.